The van der Waals surface area contributed by atoms with Crippen molar-refractivity contribution in [2.24, 2.45) is 4.99 Å². The van der Waals surface area contributed by atoms with Gasteiger partial charge in [0.2, 0.25) is 6.08 Å². The van der Waals surface area contributed by atoms with E-state index in [-0.39, 0.29) is 5.54 Å². The van der Waals surface area contributed by atoms with Crippen LogP contribution in [-0.4, -0.2) is 36.2 Å². The van der Waals surface area contributed by atoms with Crippen molar-refractivity contribution in [3.05, 3.63) is 0 Å². The van der Waals surface area contributed by atoms with Crippen LogP contribution in [0.25, 0.3) is 0 Å². The van der Waals surface area contributed by atoms with Crippen molar-refractivity contribution in [3.8, 4) is 0 Å². The highest BCUT2D eigenvalue weighted by atomic mass is 16.1. The highest BCUT2D eigenvalue weighted by Gasteiger charge is 2.24. The van der Waals surface area contributed by atoms with E-state index in [0.29, 0.717) is 0 Å². The van der Waals surface area contributed by atoms with Gasteiger partial charge in [-0.25, -0.2) is 4.79 Å². The van der Waals surface area contributed by atoms with Crippen molar-refractivity contribution < 1.29 is 4.79 Å². The van der Waals surface area contributed by atoms with Crippen LogP contribution >= 0.6 is 0 Å². The van der Waals surface area contributed by atoms with Gasteiger partial charge in [0.25, 0.3) is 0 Å². The van der Waals surface area contributed by atoms with Gasteiger partial charge in [0.1, 0.15) is 0 Å². The van der Waals surface area contributed by atoms with Crippen LogP contribution in [0.2, 0.25) is 0 Å². The molecule has 11 heavy (non-hydrogen) atoms. The first kappa shape index (κ1) is 8.44. The summed E-state index contributed by atoms with van der Waals surface area (Å²) in [6.45, 7) is 7.09. The SMILES string of the molecule is CC(C)(CN1CCC1)N=C=O. The molecular weight excluding hydrogens is 140 g/mol. The zero-order valence-electron chi connectivity index (χ0n) is 7.13. The number of nitrogens with zero attached hydrogens (tertiary/aromatic N) is 2. The Bertz CT molecular complexity index is 179. The van der Waals surface area contributed by atoms with Crippen LogP contribution in [0.5, 0.6) is 0 Å². The average molecular weight is 154 g/mol. The largest absolute Gasteiger partial charge is 0.301 e. The first-order chi connectivity index (χ1) is 5.14. The van der Waals surface area contributed by atoms with E-state index in [9.17, 15) is 4.79 Å². The molecule has 0 aliphatic carbocycles. The van der Waals surface area contributed by atoms with Gasteiger partial charge < -0.3 is 4.90 Å². The van der Waals surface area contributed by atoms with E-state index < -0.39 is 0 Å². The molecule has 3 heteroatoms. The molecule has 0 aromatic carbocycles. The Morgan fingerprint density at radius 1 is 1.55 bits per heavy atom. The summed E-state index contributed by atoms with van der Waals surface area (Å²) in [5.74, 6) is 0. The molecular formula is C8H14N2O. The number of rotatable bonds is 3. The van der Waals surface area contributed by atoms with Gasteiger partial charge >= 0.3 is 0 Å². The molecule has 0 saturated carbocycles. The number of hydrogen-bond acceptors (Lipinski definition) is 3. The molecule has 1 aliphatic rings. The van der Waals surface area contributed by atoms with E-state index in [4.69, 9.17) is 0 Å². The predicted molar refractivity (Wildman–Crippen MR) is 43.3 cm³/mol. The van der Waals surface area contributed by atoms with Crippen molar-refractivity contribution >= 4 is 6.08 Å². The summed E-state index contributed by atoms with van der Waals surface area (Å²) in [6.07, 6.45) is 2.89. The first-order valence-electron chi connectivity index (χ1n) is 3.95. The summed E-state index contributed by atoms with van der Waals surface area (Å²) in [7, 11) is 0. The van der Waals surface area contributed by atoms with E-state index >= 15 is 0 Å². The number of isocyanates is 1. The van der Waals surface area contributed by atoms with Crippen LogP contribution in [0.1, 0.15) is 20.3 Å². The molecule has 1 saturated heterocycles. The van der Waals surface area contributed by atoms with Crippen LogP contribution < -0.4 is 0 Å². The van der Waals surface area contributed by atoms with Gasteiger partial charge in [0.15, 0.2) is 0 Å². The van der Waals surface area contributed by atoms with Crippen molar-refractivity contribution in [2.75, 3.05) is 19.6 Å². The highest BCUT2D eigenvalue weighted by Crippen LogP contribution is 2.15. The highest BCUT2D eigenvalue weighted by molar-refractivity contribution is 5.34. The molecule has 0 spiro atoms. The van der Waals surface area contributed by atoms with Gasteiger partial charge in [-0.2, -0.15) is 4.99 Å². The predicted octanol–water partition coefficient (Wildman–Crippen LogP) is 0.806. The fourth-order valence-electron chi connectivity index (χ4n) is 1.25. The lowest BCUT2D eigenvalue weighted by molar-refractivity contribution is 0.150. The van der Waals surface area contributed by atoms with E-state index in [1.807, 2.05) is 13.8 Å². The summed E-state index contributed by atoms with van der Waals surface area (Å²) in [6, 6.07) is 0. The lowest BCUT2D eigenvalue weighted by Crippen LogP contribution is -2.45. The zero-order valence-corrected chi connectivity index (χ0v) is 7.13. The van der Waals surface area contributed by atoms with Gasteiger partial charge in [-0.3, -0.25) is 0 Å². The molecule has 0 radical (unpaired) electrons. The third-order valence-corrected chi connectivity index (χ3v) is 1.91. The van der Waals surface area contributed by atoms with E-state index in [1.165, 1.54) is 6.42 Å². The molecule has 1 heterocycles. The summed E-state index contributed by atoms with van der Waals surface area (Å²) in [5, 5.41) is 0. The summed E-state index contributed by atoms with van der Waals surface area (Å²) < 4.78 is 0. The van der Waals surface area contributed by atoms with Gasteiger partial charge in [-0.15, -0.1) is 0 Å². The molecule has 0 N–H and O–H groups in total. The second-order valence-corrected chi connectivity index (χ2v) is 3.65. The Balaban J connectivity index is 2.37. The summed E-state index contributed by atoms with van der Waals surface area (Å²) >= 11 is 0. The third kappa shape index (κ3) is 2.45. The van der Waals surface area contributed by atoms with Gasteiger partial charge in [0, 0.05) is 6.54 Å². The first-order valence-corrected chi connectivity index (χ1v) is 3.95. The Hall–Kier alpha value is -0.660. The van der Waals surface area contributed by atoms with Crippen LogP contribution in [0.3, 0.4) is 0 Å². The maximum Gasteiger partial charge on any atom is 0.235 e. The molecule has 0 bridgehead atoms. The number of hydrogen-bond donors (Lipinski definition) is 0. The monoisotopic (exact) mass is 154 g/mol. The second-order valence-electron chi connectivity index (χ2n) is 3.65. The van der Waals surface area contributed by atoms with Gasteiger partial charge in [-0.1, -0.05) is 0 Å². The molecule has 0 aromatic heterocycles. The molecule has 0 aromatic rings. The second kappa shape index (κ2) is 3.16. The normalized spacial score (nSPS) is 18.7. The molecule has 1 fully saturated rings. The minimum absolute atomic E-state index is 0.248. The average Bonchev–Trinajstić information content (AvgIpc) is 1.79. The number of carbonyl (C=O) groups excluding carboxylic acids is 1. The van der Waals surface area contributed by atoms with Crippen LogP contribution in [0, 0.1) is 0 Å². The quantitative estimate of drug-likeness (QED) is 0.445. The van der Waals surface area contributed by atoms with E-state index in [2.05, 4.69) is 9.89 Å². The fourth-order valence-corrected chi connectivity index (χ4v) is 1.25. The van der Waals surface area contributed by atoms with E-state index in [0.717, 1.165) is 19.6 Å². The number of likely N-dealkylation sites (tertiary alicyclic amines) is 1. The molecule has 1 aliphatic heterocycles. The van der Waals surface area contributed by atoms with Gasteiger partial charge in [0.05, 0.1) is 5.54 Å². The standard InChI is InChI=1S/C8H14N2O/c1-8(2,9-7-11)6-10-4-3-5-10/h3-6H2,1-2H3. The molecule has 3 nitrogen and oxygen atoms in total. The smallest absolute Gasteiger partial charge is 0.235 e. The van der Waals surface area contributed by atoms with Crippen LogP contribution in [0.15, 0.2) is 4.99 Å². The summed E-state index contributed by atoms with van der Waals surface area (Å²) in [5.41, 5.74) is -0.248. The lowest BCUT2D eigenvalue weighted by atomic mass is 10.0. The third-order valence-electron chi connectivity index (χ3n) is 1.91. The van der Waals surface area contributed by atoms with Crippen molar-refractivity contribution in [1.82, 2.24) is 4.90 Å². The Kier molecular flexibility index (Phi) is 2.42. The zero-order chi connectivity index (χ0) is 8.32. The maximum atomic E-state index is 10.00. The van der Waals surface area contributed by atoms with Crippen LogP contribution in [-0.2, 0) is 4.79 Å². The maximum absolute atomic E-state index is 10.00. The minimum atomic E-state index is -0.248. The molecule has 1 rings (SSSR count). The van der Waals surface area contributed by atoms with Crippen molar-refractivity contribution in [2.45, 2.75) is 25.8 Å². The Morgan fingerprint density at radius 3 is 2.55 bits per heavy atom. The van der Waals surface area contributed by atoms with E-state index in [1.54, 1.807) is 6.08 Å². The molecule has 0 atom stereocenters. The Morgan fingerprint density at radius 2 is 2.18 bits per heavy atom. The fraction of sp³-hybridized carbons (Fsp3) is 0.875. The number of aliphatic imine (C=N–C) groups is 1. The van der Waals surface area contributed by atoms with Gasteiger partial charge in [-0.05, 0) is 33.4 Å². The topological polar surface area (TPSA) is 32.7 Å². The Labute approximate surface area is 67.1 Å². The molecule has 0 amide bonds. The van der Waals surface area contributed by atoms with Crippen molar-refractivity contribution in [3.63, 3.8) is 0 Å². The molecule has 62 valence electrons. The lowest BCUT2D eigenvalue weighted by Gasteiger charge is -2.35. The van der Waals surface area contributed by atoms with Crippen LogP contribution in [0.4, 0.5) is 0 Å². The molecule has 0 unspecified atom stereocenters. The minimum Gasteiger partial charge on any atom is -0.301 e. The summed E-state index contributed by atoms with van der Waals surface area (Å²) in [4.78, 5) is 16.0. The van der Waals surface area contributed by atoms with Crippen molar-refractivity contribution in [1.29, 1.82) is 0 Å².